The summed E-state index contributed by atoms with van der Waals surface area (Å²) in [6, 6.07) is 5.49. The molecule has 5 nitrogen and oxygen atoms in total. The highest BCUT2D eigenvalue weighted by Gasteiger charge is 2.29. The van der Waals surface area contributed by atoms with Crippen molar-refractivity contribution >= 4 is 11.8 Å². The Balaban J connectivity index is 2.00. The molecule has 0 aliphatic carbocycles. The number of rotatable bonds is 5. The van der Waals surface area contributed by atoms with E-state index in [0.29, 0.717) is 5.56 Å². The number of thioether (sulfide) groups is 1. The van der Waals surface area contributed by atoms with Crippen molar-refractivity contribution < 1.29 is 26.8 Å². The molecule has 0 fully saturated rings. The van der Waals surface area contributed by atoms with Gasteiger partial charge in [0.05, 0.1) is 11.8 Å². The average molecular weight is 385 g/mol. The number of aromatic nitrogens is 3. The third-order valence-corrected chi connectivity index (χ3v) is 4.19. The molecule has 1 atom stereocenters. The molecular weight excluding hydrogens is 374 g/mol. The van der Waals surface area contributed by atoms with Crippen molar-refractivity contribution in [3.05, 3.63) is 60.0 Å². The minimum absolute atomic E-state index is 0.0182. The summed E-state index contributed by atoms with van der Waals surface area (Å²) in [7, 11) is 1.36. The molecule has 3 rings (SSSR count). The lowest BCUT2D eigenvalue weighted by Gasteiger charge is -2.19. The minimum Gasteiger partial charge on any atom is -0.372 e. The summed E-state index contributed by atoms with van der Waals surface area (Å²) in [5.74, 6) is -0.536. The van der Waals surface area contributed by atoms with E-state index in [1.807, 2.05) is 0 Å². The summed E-state index contributed by atoms with van der Waals surface area (Å²) in [6.45, 7) is 0. The van der Waals surface area contributed by atoms with Crippen LogP contribution in [0.2, 0.25) is 0 Å². The lowest BCUT2D eigenvalue weighted by atomic mass is 9.97. The van der Waals surface area contributed by atoms with E-state index in [4.69, 9.17) is 4.74 Å². The zero-order valence-electron chi connectivity index (χ0n) is 13.2. The van der Waals surface area contributed by atoms with Crippen LogP contribution in [0, 0.1) is 5.82 Å². The zero-order valence-corrected chi connectivity index (χ0v) is 14.0. The maximum atomic E-state index is 14.5. The molecule has 3 aromatic rings. The molecule has 0 amide bonds. The molecule has 0 N–H and O–H groups in total. The first-order chi connectivity index (χ1) is 12.4. The van der Waals surface area contributed by atoms with Crippen molar-refractivity contribution in [2.75, 3.05) is 7.11 Å². The first-order valence-electron chi connectivity index (χ1n) is 7.17. The van der Waals surface area contributed by atoms with Crippen LogP contribution in [0.5, 0.6) is 0 Å². The second-order valence-electron chi connectivity index (χ2n) is 5.07. The van der Waals surface area contributed by atoms with E-state index in [0.717, 1.165) is 12.6 Å². The maximum absolute atomic E-state index is 14.5. The largest absolute Gasteiger partial charge is 0.446 e. The van der Waals surface area contributed by atoms with E-state index in [2.05, 4.69) is 19.6 Å². The highest BCUT2D eigenvalue weighted by molar-refractivity contribution is 8.00. The van der Waals surface area contributed by atoms with Gasteiger partial charge in [-0.1, -0.05) is 17.3 Å². The lowest BCUT2D eigenvalue weighted by Crippen LogP contribution is -2.09. The number of pyridine rings is 1. The topological polar surface area (TPSA) is 61.0 Å². The van der Waals surface area contributed by atoms with Gasteiger partial charge < -0.3 is 9.26 Å². The number of alkyl halides is 3. The number of halogens is 4. The standard InChI is InChI=1S/C16H11F4N3O2S/c1-24-14(9-2-4-10(5-3-9)26-16(18,19)20)13-11(6-21-7-12(13)17)15-22-8-25-23-15/h2-8,14H,1H3. The molecule has 0 spiro atoms. The molecule has 0 aliphatic rings. The summed E-state index contributed by atoms with van der Waals surface area (Å²) in [6.07, 6.45) is 2.58. The molecule has 0 aliphatic heterocycles. The number of hydrogen-bond donors (Lipinski definition) is 0. The lowest BCUT2D eigenvalue weighted by molar-refractivity contribution is -0.0328. The second-order valence-corrected chi connectivity index (χ2v) is 6.21. The van der Waals surface area contributed by atoms with Crippen LogP contribution in [0.25, 0.3) is 11.4 Å². The zero-order chi connectivity index (χ0) is 18.7. The summed E-state index contributed by atoms with van der Waals surface area (Å²) < 4.78 is 61.9. The van der Waals surface area contributed by atoms with E-state index >= 15 is 0 Å². The quantitative estimate of drug-likeness (QED) is 0.472. The van der Waals surface area contributed by atoms with Gasteiger partial charge in [-0.05, 0) is 29.5 Å². The number of methoxy groups -OCH3 is 1. The third-order valence-electron chi connectivity index (χ3n) is 3.46. The average Bonchev–Trinajstić information content (AvgIpc) is 3.11. The Hall–Kier alpha value is -2.46. The van der Waals surface area contributed by atoms with Crippen LogP contribution >= 0.6 is 11.8 Å². The SMILES string of the molecule is COC(c1ccc(SC(F)(F)F)cc1)c1c(F)cncc1-c1ncon1. The molecule has 1 aromatic carbocycles. The van der Waals surface area contributed by atoms with Crippen molar-refractivity contribution in [3.63, 3.8) is 0 Å². The second kappa shape index (κ2) is 7.42. The first kappa shape index (κ1) is 18.3. The van der Waals surface area contributed by atoms with Crippen LogP contribution in [0.15, 0.2) is 52.5 Å². The van der Waals surface area contributed by atoms with Crippen LogP contribution in [0.3, 0.4) is 0 Å². The van der Waals surface area contributed by atoms with Crippen LogP contribution < -0.4 is 0 Å². The number of hydrogen-bond acceptors (Lipinski definition) is 6. The Labute approximate surface area is 149 Å². The van der Waals surface area contributed by atoms with Gasteiger partial charge >= 0.3 is 5.51 Å². The molecular formula is C16H11F4N3O2S. The molecule has 0 saturated carbocycles. The van der Waals surface area contributed by atoms with Crippen molar-refractivity contribution in [2.45, 2.75) is 16.5 Å². The van der Waals surface area contributed by atoms with E-state index in [1.165, 1.54) is 37.6 Å². The minimum atomic E-state index is -4.38. The van der Waals surface area contributed by atoms with Crippen LogP contribution in [-0.2, 0) is 4.74 Å². The van der Waals surface area contributed by atoms with Gasteiger partial charge in [0, 0.05) is 23.8 Å². The van der Waals surface area contributed by atoms with Gasteiger partial charge in [0.15, 0.2) is 0 Å². The van der Waals surface area contributed by atoms with E-state index in [1.54, 1.807) is 0 Å². The Kier molecular flexibility index (Phi) is 5.23. The smallest absolute Gasteiger partial charge is 0.372 e. The van der Waals surface area contributed by atoms with E-state index in [9.17, 15) is 17.6 Å². The summed E-state index contributed by atoms with van der Waals surface area (Å²) >= 11 is -0.228. The molecule has 10 heteroatoms. The van der Waals surface area contributed by atoms with Gasteiger partial charge in [0.1, 0.15) is 11.9 Å². The monoisotopic (exact) mass is 385 g/mol. The van der Waals surface area contributed by atoms with Crippen molar-refractivity contribution in [3.8, 4) is 11.4 Å². The van der Waals surface area contributed by atoms with Gasteiger partial charge in [-0.2, -0.15) is 18.2 Å². The molecule has 26 heavy (non-hydrogen) atoms. The fourth-order valence-electron chi connectivity index (χ4n) is 2.44. The predicted octanol–water partition coefficient (Wildman–Crippen LogP) is 4.62. The van der Waals surface area contributed by atoms with Crippen LogP contribution in [0.4, 0.5) is 17.6 Å². The first-order valence-corrected chi connectivity index (χ1v) is 7.99. The van der Waals surface area contributed by atoms with Gasteiger partial charge in [0.25, 0.3) is 0 Å². The highest BCUT2D eigenvalue weighted by Crippen LogP contribution is 2.38. The van der Waals surface area contributed by atoms with Crippen molar-refractivity contribution in [2.24, 2.45) is 0 Å². The van der Waals surface area contributed by atoms with Crippen molar-refractivity contribution in [1.29, 1.82) is 0 Å². The van der Waals surface area contributed by atoms with Gasteiger partial charge in [-0.15, -0.1) is 0 Å². The number of benzene rings is 1. The normalized spacial score (nSPS) is 13.0. The Morgan fingerprint density at radius 1 is 1.15 bits per heavy atom. The molecule has 0 radical (unpaired) electrons. The van der Waals surface area contributed by atoms with E-state index < -0.39 is 17.4 Å². The number of nitrogens with zero attached hydrogens (tertiary/aromatic N) is 3. The predicted molar refractivity (Wildman–Crippen MR) is 84.7 cm³/mol. The highest BCUT2D eigenvalue weighted by atomic mass is 32.2. The summed E-state index contributed by atoms with van der Waals surface area (Å²) in [5.41, 5.74) is -3.54. The summed E-state index contributed by atoms with van der Waals surface area (Å²) in [5, 5.41) is 3.68. The molecule has 2 aromatic heterocycles. The van der Waals surface area contributed by atoms with Crippen LogP contribution in [0.1, 0.15) is 17.2 Å². The fourth-order valence-corrected chi connectivity index (χ4v) is 2.98. The maximum Gasteiger partial charge on any atom is 0.446 e. The molecule has 2 heterocycles. The Morgan fingerprint density at radius 2 is 1.88 bits per heavy atom. The molecule has 0 saturated heterocycles. The van der Waals surface area contributed by atoms with Gasteiger partial charge in [-0.25, -0.2) is 4.39 Å². The third kappa shape index (κ3) is 4.02. The summed E-state index contributed by atoms with van der Waals surface area (Å²) in [4.78, 5) is 7.69. The van der Waals surface area contributed by atoms with Gasteiger partial charge in [-0.3, -0.25) is 4.98 Å². The Morgan fingerprint density at radius 3 is 2.46 bits per heavy atom. The molecule has 136 valence electrons. The Bertz CT molecular complexity index is 870. The van der Waals surface area contributed by atoms with E-state index in [-0.39, 0.29) is 33.6 Å². The number of ether oxygens (including phenoxy) is 1. The van der Waals surface area contributed by atoms with Crippen LogP contribution in [-0.4, -0.2) is 27.7 Å². The fraction of sp³-hybridized carbons (Fsp3) is 0.188. The molecule has 1 unspecified atom stereocenters. The molecule has 0 bridgehead atoms. The van der Waals surface area contributed by atoms with Gasteiger partial charge in [0.2, 0.25) is 12.2 Å². The van der Waals surface area contributed by atoms with Crippen molar-refractivity contribution in [1.82, 2.24) is 15.1 Å².